The fourth-order valence-corrected chi connectivity index (χ4v) is 1.64. The molecular weight excluding hydrogens is 254 g/mol. The number of aromatic nitrogens is 1. The van der Waals surface area contributed by atoms with Gasteiger partial charge in [0, 0.05) is 12.1 Å². The van der Waals surface area contributed by atoms with Crippen LogP contribution in [0.2, 0.25) is 0 Å². The second kappa shape index (κ2) is 5.15. The molecule has 4 heteroatoms. The van der Waals surface area contributed by atoms with Crippen LogP contribution in [-0.4, -0.2) is 22.3 Å². The van der Waals surface area contributed by atoms with Gasteiger partial charge in [0.2, 0.25) is 11.8 Å². The number of hydrogen-bond acceptors (Lipinski definition) is 4. The Morgan fingerprint density at radius 1 is 0.900 bits per heavy atom. The summed E-state index contributed by atoms with van der Waals surface area (Å²) in [5.41, 5.74) is -0.603. The van der Waals surface area contributed by atoms with Crippen LogP contribution >= 0.6 is 0 Å². The lowest BCUT2D eigenvalue weighted by atomic mass is 10.2. The molecule has 1 aliphatic rings. The molecule has 1 aromatic heterocycles. The second-order valence-electron chi connectivity index (χ2n) is 7.23. The number of pyridine rings is 1. The Balaban J connectivity index is 2.22. The molecule has 1 aliphatic carbocycles. The Morgan fingerprint density at radius 3 is 1.70 bits per heavy atom. The average molecular weight is 279 g/mol. The molecular formula is C16H25NO3. The van der Waals surface area contributed by atoms with Crippen LogP contribution in [0.4, 0.5) is 0 Å². The minimum absolute atomic E-state index is 0.301. The van der Waals surface area contributed by atoms with Crippen LogP contribution in [0.25, 0.3) is 0 Å². The molecule has 0 N–H and O–H groups in total. The lowest BCUT2D eigenvalue weighted by molar-refractivity contribution is 0.107. The van der Waals surface area contributed by atoms with Gasteiger partial charge in [-0.15, -0.1) is 0 Å². The van der Waals surface area contributed by atoms with Crippen LogP contribution in [0.3, 0.4) is 0 Å². The SMILES string of the molecule is CC(C)(C)Oc1cc(OC2CC2)cc(OC(C)(C)C)n1. The number of ether oxygens (including phenoxy) is 3. The third kappa shape index (κ3) is 5.27. The minimum atomic E-state index is -0.301. The molecule has 1 fully saturated rings. The first-order chi connectivity index (χ1) is 9.11. The van der Waals surface area contributed by atoms with E-state index in [4.69, 9.17) is 14.2 Å². The van der Waals surface area contributed by atoms with Crippen molar-refractivity contribution in [2.45, 2.75) is 71.7 Å². The molecule has 0 bridgehead atoms. The zero-order valence-electron chi connectivity index (χ0n) is 13.3. The first-order valence-electron chi connectivity index (χ1n) is 7.17. The Labute approximate surface area is 121 Å². The molecule has 0 spiro atoms. The van der Waals surface area contributed by atoms with E-state index in [1.807, 2.05) is 53.7 Å². The van der Waals surface area contributed by atoms with Crippen LogP contribution in [0.5, 0.6) is 17.5 Å². The van der Waals surface area contributed by atoms with Crippen molar-refractivity contribution in [3.05, 3.63) is 12.1 Å². The van der Waals surface area contributed by atoms with Crippen LogP contribution in [0.1, 0.15) is 54.4 Å². The van der Waals surface area contributed by atoms with E-state index < -0.39 is 0 Å². The molecule has 4 nitrogen and oxygen atoms in total. The second-order valence-corrected chi connectivity index (χ2v) is 7.23. The standard InChI is InChI=1S/C16H25NO3/c1-15(2,3)19-13-9-12(18-11-7-8-11)10-14(17-13)20-16(4,5)6/h9-11H,7-8H2,1-6H3. The molecule has 0 atom stereocenters. The van der Waals surface area contributed by atoms with Crippen molar-refractivity contribution in [2.24, 2.45) is 0 Å². The van der Waals surface area contributed by atoms with E-state index in [2.05, 4.69) is 4.98 Å². The predicted molar refractivity (Wildman–Crippen MR) is 78.6 cm³/mol. The summed E-state index contributed by atoms with van der Waals surface area (Å²) in [6.07, 6.45) is 2.57. The third-order valence-corrected chi connectivity index (χ3v) is 2.40. The molecule has 0 saturated heterocycles. The predicted octanol–water partition coefficient (Wildman–Crippen LogP) is 3.98. The third-order valence-electron chi connectivity index (χ3n) is 2.40. The monoisotopic (exact) mass is 279 g/mol. The molecule has 2 rings (SSSR count). The maximum atomic E-state index is 5.84. The largest absolute Gasteiger partial charge is 0.490 e. The quantitative estimate of drug-likeness (QED) is 0.836. The number of hydrogen-bond donors (Lipinski definition) is 0. The fourth-order valence-electron chi connectivity index (χ4n) is 1.64. The van der Waals surface area contributed by atoms with E-state index in [0.717, 1.165) is 18.6 Å². The van der Waals surface area contributed by atoms with Crippen molar-refractivity contribution in [2.75, 3.05) is 0 Å². The van der Waals surface area contributed by atoms with Gasteiger partial charge in [0.05, 0.1) is 6.10 Å². The molecule has 0 amide bonds. The summed E-state index contributed by atoms with van der Waals surface area (Å²) in [4.78, 5) is 4.41. The smallest absolute Gasteiger partial charge is 0.220 e. The van der Waals surface area contributed by atoms with Crippen LogP contribution < -0.4 is 14.2 Å². The molecule has 0 radical (unpaired) electrons. The van der Waals surface area contributed by atoms with Gasteiger partial charge in [0.25, 0.3) is 0 Å². The van der Waals surface area contributed by atoms with Crippen molar-refractivity contribution in [1.82, 2.24) is 4.98 Å². The Bertz CT molecular complexity index is 433. The van der Waals surface area contributed by atoms with E-state index in [1.165, 1.54) is 0 Å². The van der Waals surface area contributed by atoms with Gasteiger partial charge in [0.1, 0.15) is 17.0 Å². The summed E-state index contributed by atoms with van der Waals surface area (Å²) in [5, 5.41) is 0. The molecule has 1 aromatic rings. The number of nitrogens with zero attached hydrogens (tertiary/aromatic N) is 1. The van der Waals surface area contributed by atoms with Gasteiger partial charge in [-0.1, -0.05) is 0 Å². The summed E-state index contributed by atoms with van der Waals surface area (Å²) in [6.45, 7) is 12.0. The average Bonchev–Trinajstić information content (AvgIpc) is 2.94. The molecule has 0 aromatic carbocycles. The Morgan fingerprint density at radius 2 is 1.35 bits per heavy atom. The van der Waals surface area contributed by atoms with Crippen molar-refractivity contribution in [1.29, 1.82) is 0 Å². The maximum Gasteiger partial charge on any atom is 0.220 e. The maximum absolute atomic E-state index is 5.84. The van der Waals surface area contributed by atoms with Crippen molar-refractivity contribution >= 4 is 0 Å². The molecule has 0 aliphatic heterocycles. The molecule has 112 valence electrons. The van der Waals surface area contributed by atoms with Gasteiger partial charge in [-0.05, 0) is 54.4 Å². The van der Waals surface area contributed by atoms with Gasteiger partial charge < -0.3 is 14.2 Å². The van der Waals surface area contributed by atoms with E-state index in [1.54, 1.807) is 0 Å². The molecule has 1 saturated carbocycles. The Kier molecular flexibility index (Phi) is 3.85. The van der Waals surface area contributed by atoms with Crippen LogP contribution in [0, 0.1) is 0 Å². The first kappa shape index (κ1) is 14.9. The molecule has 20 heavy (non-hydrogen) atoms. The number of rotatable bonds is 4. The first-order valence-corrected chi connectivity index (χ1v) is 7.17. The summed E-state index contributed by atoms with van der Waals surface area (Å²) in [5.74, 6) is 1.84. The van der Waals surface area contributed by atoms with E-state index in [0.29, 0.717) is 17.9 Å². The van der Waals surface area contributed by atoms with Gasteiger partial charge in [-0.25, -0.2) is 0 Å². The van der Waals surface area contributed by atoms with E-state index in [-0.39, 0.29) is 11.2 Å². The fraction of sp³-hybridized carbons (Fsp3) is 0.688. The highest BCUT2D eigenvalue weighted by molar-refractivity contribution is 5.34. The van der Waals surface area contributed by atoms with E-state index in [9.17, 15) is 0 Å². The van der Waals surface area contributed by atoms with E-state index >= 15 is 0 Å². The van der Waals surface area contributed by atoms with Gasteiger partial charge in [-0.2, -0.15) is 4.98 Å². The zero-order chi connectivity index (χ0) is 15.0. The van der Waals surface area contributed by atoms with Crippen molar-refractivity contribution in [3.8, 4) is 17.5 Å². The molecule has 1 heterocycles. The van der Waals surface area contributed by atoms with Crippen molar-refractivity contribution in [3.63, 3.8) is 0 Å². The van der Waals surface area contributed by atoms with Crippen LogP contribution in [-0.2, 0) is 0 Å². The van der Waals surface area contributed by atoms with Gasteiger partial charge >= 0.3 is 0 Å². The van der Waals surface area contributed by atoms with Gasteiger partial charge in [-0.3, -0.25) is 0 Å². The van der Waals surface area contributed by atoms with Crippen LogP contribution in [0.15, 0.2) is 12.1 Å². The summed E-state index contributed by atoms with van der Waals surface area (Å²) < 4.78 is 17.5. The lowest BCUT2D eigenvalue weighted by Gasteiger charge is -2.24. The lowest BCUT2D eigenvalue weighted by Crippen LogP contribution is -2.25. The zero-order valence-corrected chi connectivity index (χ0v) is 13.3. The highest BCUT2D eigenvalue weighted by atomic mass is 16.5. The molecule has 0 unspecified atom stereocenters. The topological polar surface area (TPSA) is 40.6 Å². The summed E-state index contributed by atoms with van der Waals surface area (Å²) in [7, 11) is 0. The van der Waals surface area contributed by atoms with Crippen molar-refractivity contribution < 1.29 is 14.2 Å². The highest BCUT2D eigenvalue weighted by Gasteiger charge is 2.25. The highest BCUT2D eigenvalue weighted by Crippen LogP contribution is 2.32. The summed E-state index contributed by atoms with van der Waals surface area (Å²) in [6, 6.07) is 3.66. The summed E-state index contributed by atoms with van der Waals surface area (Å²) >= 11 is 0. The Hall–Kier alpha value is -1.45. The normalized spacial score (nSPS) is 15.9. The van der Waals surface area contributed by atoms with Gasteiger partial charge in [0.15, 0.2) is 0 Å². The minimum Gasteiger partial charge on any atom is -0.490 e.